The number of carbonyl (C=O) groups excluding carboxylic acids is 2. The Kier molecular flexibility index (Phi) is 5.69. The van der Waals surface area contributed by atoms with Crippen molar-refractivity contribution in [3.05, 3.63) is 88.9 Å². The van der Waals surface area contributed by atoms with Gasteiger partial charge in [-0.1, -0.05) is 36.4 Å². The third-order valence-electron chi connectivity index (χ3n) is 5.62. The quantitative estimate of drug-likeness (QED) is 0.448. The predicted molar refractivity (Wildman–Crippen MR) is 129 cm³/mol. The van der Waals surface area contributed by atoms with Crippen molar-refractivity contribution in [2.24, 2.45) is 0 Å². The molecule has 1 aromatic heterocycles. The van der Waals surface area contributed by atoms with Gasteiger partial charge in [-0.2, -0.15) is 0 Å². The zero-order valence-electron chi connectivity index (χ0n) is 17.6. The lowest BCUT2D eigenvalue weighted by Crippen LogP contribution is -2.23. The van der Waals surface area contributed by atoms with Crippen molar-refractivity contribution in [3.63, 3.8) is 0 Å². The number of amides is 2. The molecule has 32 heavy (non-hydrogen) atoms. The fourth-order valence-electron chi connectivity index (χ4n) is 3.98. The maximum atomic E-state index is 12.5. The summed E-state index contributed by atoms with van der Waals surface area (Å²) in [6, 6.07) is 23.8. The second-order valence-electron chi connectivity index (χ2n) is 7.99. The SMILES string of the molecule is O=C(Cc1ccc(N2CCCC2=O)cc1)Nc1ccc(Cc2nc3ccccc3s2)cc1. The number of carbonyl (C=O) groups is 2. The molecule has 0 atom stereocenters. The van der Waals surface area contributed by atoms with E-state index in [0.717, 1.165) is 52.4 Å². The molecule has 4 aromatic rings. The van der Waals surface area contributed by atoms with Crippen molar-refractivity contribution in [1.82, 2.24) is 4.98 Å². The topological polar surface area (TPSA) is 62.3 Å². The number of nitrogens with zero attached hydrogens (tertiary/aromatic N) is 2. The third kappa shape index (κ3) is 4.55. The van der Waals surface area contributed by atoms with E-state index in [1.807, 2.05) is 66.7 Å². The van der Waals surface area contributed by atoms with Crippen molar-refractivity contribution in [2.45, 2.75) is 25.7 Å². The average molecular weight is 442 g/mol. The van der Waals surface area contributed by atoms with E-state index in [9.17, 15) is 9.59 Å². The van der Waals surface area contributed by atoms with E-state index in [1.54, 1.807) is 16.2 Å². The molecule has 0 aliphatic carbocycles. The number of nitrogens with one attached hydrogen (secondary N) is 1. The largest absolute Gasteiger partial charge is 0.326 e. The summed E-state index contributed by atoms with van der Waals surface area (Å²) in [5.74, 6) is 0.107. The smallest absolute Gasteiger partial charge is 0.228 e. The van der Waals surface area contributed by atoms with Gasteiger partial charge >= 0.3 is 0 Å². The summed E-state index contributed by atoms with van der Waals surface area (Å²) in [5, 5.41) is 4.05. The van der Waals surface area contributed by atoms with Crippen LogP contribution in [0.5, 0.6) is 0 Å². The summed E-state index contributed by atoms with van der Waals surface area (Å²) >= 11 is 1.71. The van der Waals surface area contributed by atoms with Gasteiger partial charge < -0.3 is 10.2 Å². The second kappa shape index (κ2) is 8.93. The lowest BCUT2D eigenvalue weighted by molar-refractivity contribution is -0.117. The summed E-state index contributed by atoms with van der Waals surface area (Å²) in [5.41, 5.74) is 4.80. The number of hydrogen-bond acceptors (Lipinski definition) is 4. The van der Waals surface area contributed by atoms with Gasteiger partial charge in [-0.3, -0.25) is 9.59 Å². The fourth-order valence-corrected chi connectivity index (χ4v) is 4.98. The maximum absolute atomic E-state index is 12.5. The minimum absolute atomic E-state index is 0.0612. The third-order valence-corrected chi connectivity index (χ3v) is 6.65. The van der Waals surface area contributed by atoms with Gasteiger partial charge in [0.1, 0.15) is 0 Å². The highest BCUT2D eigenvalue weighted by molar-refractivity contribution is 7.18. The van der Waals surface area contributed by atoms with Gasteiger partial charge in [0.25, 0.3) is 0 Å². The standard InChI is InChI=1S/C26H23N3O2S/c30-24(16-18-9-13-21(14-10-18)29-15-3-6-26(29)31)27-20-11-7-19(8-12-20)17-25-28-22-4-1-2-5-23(22)32-25/h1-2,4-5,7-14H,3,6,15-17H2,(H,27,30). The molecule has 0 radical (unpaired) electrons. The van der Waals surface area contributed by atoms with Crippen LogP contribution in [0.15, 0.2) is 72.8 Å². The molecule has 1 N–H and O–H groups in total. The Bertz CT molecular complexity index is 1230. The number of anilines is 2. The van der Waals surface area contributed by atoms with E-state index >= 15 is 0 Å². The number of benzene rings is 3. The zero-order valence-corrected chi connectivity index (χ0v) is 18.4. The summed E-state index contributed by atoms with van der Waals surface area (Å²) in [7, 11) is 0. The molecule has 5 rings (SSSR count). The number of fused-ring (bicyclic) bond motifs is 1. The van der Waals surface area contributed by atoms with Gasteiger partial charge in [0.2, 0.25) is 11.8 Å². The van der Waals surface area contributed by atoms with Gasteiger partial charge in [0.05, 0.1) is 21.6 Å². The molecule has 1 fully saturated rings. The van der Waals surface area contributed by atoms with E-state index in [4.69, 9.17) is 0 Å². The molecule has 2 amide bonds. The van der Waals surface area contributed by atoms with Crippen molar-refractivity contribution in [3.8, 4) is 0 Å². The normalized spacial score (nSPS) is 13.6. The van der Waals surface area contributed by atoms with Gasteiger partial charge in [-0.25, -0.2) is 4.98 Å². The highest BCUT2D eigenvalue weighted by Gasteiger charge is 2.21. The average Bonchev–Trinajstić information content (AvgIpc) is 3.41. The molecule has 0 unspecified atom stereocenters. The number of aromatic nitrogens is 1. The Labute approximate surface area is 190 Å². The Morgan fingerprint density at radius 2 is 1.72 bits per heavy atom. The minimum atomic E-state index is -0.0612. The monoisotopic (exact) mass is 441 g/mol. The van der Waals surface area contributed by atoms with Crippen LogP contribution in [0.1, 0.15) is 29.0 Å². The Morgan fingerprint density at radius 3 is 2.44 bits per heavy atom. The van der Waals surface area contributed by atoms with Crippen LogP contribution in [0.3, 0.4) is 0 Å². The van der Waals surface area contributed by atoms with Crippen LogP contribution in [-0.2, 0) is 22.4 Å². The first kappa shape index (κ1) is 20.4. The number of rotatable bonds is 6. The Hall–Kier alpha value is -3.51. The Morgan fingerprint density at radius 1 is 0.969 bits per heavy atom. The van der Waals surface area contributed by atoms with Crippen LogP contribution in [-0.4, -0.2) is 23.3 Å². The fraction of sp³-hybridized carbons (Fsp3) is 0.192. The first-order valence-corrected chi connectivity index (χ1v) is 11.6. The summed E-state index contributed by atoms with van der Waals surface area (Å²) in [6.45, 7) is 0.771. The molecule has 0 saturated carbocycles. The molecule has 2 heterocycles. The lowest BCUT2D eigenvalue weighted by Gasteiger charge is -2.15. The van der Waals surface area contributed by atoms with Gasteiger partial charge in [-0.15, -0.1) is 11.3 Å². The van der Waals surface area contributed by atoms with E-state index in [0.29, 0.717) is 12.8 Å². The Balaban J connectivity index is 1.17. The predicted octanol–water partition coefficient (Wildman–Crippen LogP) is 5.20. The second-order valence-corrected chi connectivity index (χ2v) is 9.10. The van der Waals surface area contributed by atoms with Gasteiger partial charge in [0.15, 0.2) is 0 Å². The molecular formula is C26H23N3O2S. The molecule has 0 bridgehead atoms. The molecule has 3 aromatic carbocycles. The van der Waals surface area contributed by atoms with Crippen LogP contribution in [0, 0.1) is 0 Å². The first-order valence-electron chi connectivity index (χ1n) is 10.8. The molecule has 1 saturated heterocycles. The molecule has 6 heteroatoms. The summed E-state index contributed by atoms with van der Waals surface area (Å²) in [6.07, 6.45) is 2.59. The highest BCUT2D eigenvalue weighted by Crippen LogP contribution is 2.24. The van der Waals surface area contributed by atoms with Crippen LogP contribution in [0.4, 0.5) is 11.4 Å². The van der Waals surface area contributed by atoms with E-state index in [2.05, 4.69) is 16.4 Å². The van der Waals surface area contributed by atoms with Crippen molar-refractivity contribution in [2.75, 3.05) is 16.8 Å². The number of thiazole rings is 1. The zero-order chi connectivity index (χ0) is 21.9. The molecule has 1 aliphatic heterocycles. The van der Waals surface area contributed by atoms with Crippen LogP contribution in [0.25, 0.3) is 10.2 Å². The van der Waals surface area contributed by atoms with E-state index < -0.39 is 0 Å². The summed E-state index contributed by atoms with van der Waals surface area (Å²) in [4.78, 5) is 30.8. The number of para-hydroxylation sites is 1. The minimum Gasteiger partial charge on any atom is -0.326 e. The van der Waals surface area contributed by atoms with Crippen molar-refractivity contribution < 1.29 is 9.59 Å². The first-order chi connectivity index (χ1) is 15.6. The van der Waals surface area contributed by atoms with Crippen LogP contribution < -0.4 is 10.2 Å². The van der Waals surface area contributed by atoms with Gasteiger partial charge in [-0.05, 0) is 53.9 Å². The molecular weight excluding hydrogens is 418 g/mol. The molecule has 5 nitrogen and oxygen atoms in total. The van der Waals surface area contributed by atoms with Crippen molar-refractivity contribution in [1.29, 1.82) is 0 Å². The maximum Gasteiger partial charge on any atom is 0.228 e. The van der Waals surface area contributed by atoms with Gasteiger partial charge in [0, 0.05) is 30.8 Å². The molecule has 160 valence electrons. The molecule has 0 spiro atoms. The summed E-state index contributed by atoms with van der Waals surface area (Å²) < 4.78 is 1.20. The van der Waals surface area contributed by atoms with E-state index in [1.165, 1.54) is 4.70 Å². The number of hydrogen-bond donors (Lipinski definition) is 1. The van der Waals surface area contributed by atoms with Crippen LogP contribution in [0.2, 0.25) is 0 Å². The highest BCUT2D eigenvalue weighted by atomic mass is 32.1. The van der Waals surface area contributed by atoms with Crippen molar-refractivity contribution >= 4 is 44.7 Å². The van der Waals surface area contributed by atoms with Crippen LogP contribution >= 0.6 is 11.3 Å². The van der Waals surface area contributed by atoms with E-state index in [-0.39, 0.29) is 11.8 Å². The molecule has 1 aliphatic rings. The lowest BCUT2D eigenvalue weighted by atomic mass is 10.1.